The summed E-state index contributed by atoms with van der Waals surface area (Å²) in [5, 5.41) is 0. The monoisotopic (exact) mass is 312 g/mol. The lowest BCUT2D eigenvalue weighted by atomic mass is 10.1. The molecule has 0 spiro atoms. The molecular formula is C20H26NO2+. The normalized spacial score (nSPS) is 12.7. The molecule has 0 fully saturated rings. The van der Waals surface area contributed by atoms with Crippen molar-refractivity contribution in [2.24, 2.45) is 0 Å². The van der Waals surface area contributed by atoms with Crippen molar-refractivity contribution < 1.29 is 14.0 Å². The number of rotatable bonds is 7. The van der Waals surface area contributed by atoms with Crippen molar-refractivity contribution in [3.63, 3.8) is 0 Å². The van der Waals surface area contributed by atoms with E-state index in [1.165, 1.54) is 0 Å². The minimum Gasteiger partial charge on any atom is -0.448 e. The van der Waals surface area contributed by atoms with Crippen LogP contribution in [0.15, 0.2) is 60.7 Å². The molecule has 0 bridgehead atoms. The number of hydrogen-bond acceptors (Lipinski definition) is 2. The van der Waals surface area contributed by atoms with Gasteiger partial charge in [-0.25, -0.2) is 4.79 Å². The van der Waals surface area contributed by atoms with Crippen molar-refractivity contribution >= 4 is 5.97 Å². The average molecular weight is 312 g/mol. The highest BCUT2D eigenvalue weighted by molar-refractivity contribution is 5.89. The molecule has 1 unspecified atom stereocenters. The van der Waals surface area contributed by atoms with Gasteiger partial charge in [-0.15, -0.1) is 0 Å². The van der Waals surface area contributed by atoms with E-state index in [4.69, 9.17) is 4.74 Å². The number of esters is 1. The van der Waals surface area contributed by atoms with E-state index in [2.05, 4.69) is 20.9 Å². The summed E-state index contributed by atoms with van der Waals surface area (Å²) in [7, 11) is 2.20. The Labute approximate surface area is 139 Å². The molecule has 2 rings (SSSR count). The van der Waals surface area contributed by atoms with E-state index in [0.29, 0.717) is 5.56 Å². The van der Waals surface area contributed by atoms with Gasteiger partial charge in [-0.3, -0.25) is 0 Å². The van der Waals surface area contributed by atoms with E-state index < -0.39 is 0 Å². The fourth-order valence-electron chi connectivity index (χ4n) is 2.53. The maximum absolute atomic E-state index is 12.5. The van der Waals surface area contributed by atoms with E-state index in [0.717, 1.165) is 29.7 Å². The number of benzene rings is 2. The summed E-state index contributed by atoms with van der Waals surface area (Å²) in [6, 6.07) is 19.2. The standard InChI is InChI=1S/C20H26NO2/c1-4-21(3,5-2)16-19(17-12-8-6-9-13-17)23-20(22)18-14-10-7-11-15-18/h6-15,19H,4-5,16H2,1-3H3/q+1. The lowest BCUT2D eigenvalue weighted by molar-refractivity contribution is -0.909. The van der Waals surface area contributed by atoms with Crippen LogP contribution in [0.3, 0.4) is 0 Å². The second-order valence-electron chi connectivity index (χ2n) is 6.11. The number of quaternary nitrogens is 1. The molecule has 3 heteroatoms. The van der Waals surface area contributed by atoms with E-state index in [1.54, 1.807) is 12.1 Å². The lowest BCUT2D eigenvalue weighted by Crippen LogP contribution is -2.47. The topological polar surface area (TPSA) is 26.3 Å². The Morgan fingerprint density at radius 2 is 1.48 bits per heavy atom. The number of carbonyl (C=O) groups is 1. The molecule has 0 saturated heterocycles. The first-order chi connectivity index (χ1) is 11.1. The van der Waals surface area contributed by atoms with Gasteiger partial charge in [-0.2, -0.15) is 0 Å². The maximum Gasteiger partial charge on any atom is 0.338 e. The van der Waals surface area contributed by atoms with Gasteiger partial charge < -0.3 is 9.22 Å². The summed E-state index contributed by atoms with van der Waals surface area (Å²) >= 11 is 0. The summed E-state index contributed by atoms with van der Waals surface area (Å²) in [6.45, 7) is 7.12. The van der Waals surface area contributed by atoms with Crippen molar-refractivity contribution in [3.8, 4) is 0 Å². The van der Waals surface area contributed by atoms with Crippen LogP contribution in [0, 0.1) is 0 Å². The molecule has 0 aliphatic rings. The molecular weight excluding hydrogens is 286 g/mol. The van der Waals surface area contributed by atoms with Gasteiger partial charge in [0.15, 0.2) is 6.10 Å². The van der Waals surface area contributed by atoms with Crippen molar-refractivity contribution in [2.75, 3.05) is 26.7 Å². The molecule has 0 N–H and O–H groups in total. The highest BCUT2D eigenvalue weighted by atomic mass is 16.5. The second kappa shape index (κ2) is 7.93. The predicted octanol–water partition coefficient (Wildman–Crippen LogP) is 4.07. The molecule has 0 aliphatic carbocycles. The average Bonchev–Trinajstić information content (AvgIpc) is 2.62. The quantitative estimate of drug-likeness (QED) is 0.569. The van der Waals surface area contributed by atoms with Crippen LogP contribution in [-0.4, -0.2) is 37.1 Å². The van der Waals surface area contributed by atoms with Crippen molar-refractivity contribution in [1.82, 2.24) is 0 Å². The van der Waals surface area contributed by atoms with E-state index in [1.807, 2.05) is 48.5 Å². The Hall–Kier alpha value is -2.13. The zero-order chi connectivity index (χ0) is 16.7. The third-order valence-corrected chi connectivity index (χ3v) is 4.56. The van der Waals surface area contributed by atoms with Gasteiger partial charge in [0.1, 0.15) is 6.54 Å². The van der Waals surface area contributed by atoms with Gasteiger partial charge >= 0.3 is 5.97 Å². The third-order valence-electron chi connectivity index (χ3n) is 4.56. The maximum atomic E-state index is 12.5. The molecule has 0 heterocycles. The molecule has 1 atom stereocenters. The minimum absolute atomic E-state index is 0.242. The van der Waals surface area contributed by atoms with Crippen LogP contribution >= 0.6 is 0 Å². The number of likely N-dealkylation sites (N-methyl/N-ethyl adjacent to an activating group) is 1. The molecule has 122 valence electrons. The summed E-state index contributed by atoms with van der Waals surface area (Å²) in [6.07, 6.45) is -0.242. The van der Waals surface area contributed by atoms with Crippen LogP contribution in [0.5, 0.6) is 0 Å². The van der Waals surface area contributed by atoms with Crippen LogP contribution in [0.1, 0.15) is 35.9 Å². The zero-order valence-electron chi connectivity index (χ0n) is 14.2. The van der Waals surface area contributed by atoms with Crippen molar-refractivity contribution in [1.29, 1.82) is 0 Å². The summed E-state index contributed by atoms with van der Waals surface area (Å²) in [4.78, 5) is 12.5. The Kier molecular flexibility index (Phi) is 5.94. The summed E-state index contributed by atoms with van der Waals surface area (Å²) < 4.78 is 6.73. The Balaban J connectivity index is 2.22. The van der Waals surface area contributed by atoms with Crippen LogP contribution in [0.25, 0.3) is 0 Å². The highest BCUT2D eigenvalue weighted by Crippen LogP contribution is 2.23. The largest absolute Gasteiger partial charge is 0.448 e. The Morgan fingerprint density at radius 1 is 0.957 bits per heavy atom. The molecule has 3 nitrogen and oxygen atoms in total. The smallest absolute Gasteiger partial charge is 0.338 e. The number of nitrogens with zero attached hydrogens (tertiary/aromatic N) is 1. The first-order valence-electron chi connectivity index (χ1n) is 8.22. The first kappa shape index (κ1) is 17.2. The number of ether oxygens (including phenoxy) is 1. The Morgan fingerprint density at radius 3 is 2.00 bits per heavy atom. The van der Waals surface area contributed by atoms with Gasteiger partial charge in [-0.1, -0.05) is 48.5 Å². The van der Waals surface area contributed by atoms with Gasteiger partial charge in [0.25, 0.3) is 0 Å². The molecule has 0 amide bonds. The van der Waals surface area contributed by atoms with Crippen LogP contribution in [0.4, 0.5) is 0 Å². The first-order valence-corrected chi connectivity index (χ1v) is 8.22. The van der Waals surface area contributed by atoms with Crippen LogP contribution in [-0.2, 0) is 4.74 Å². The van der Waals surface area contributed by atoms with Gasteiger partial charge in [0.2, 0.25) is 0 Å². The molecule has 0 aliphatic heterocycles. The molecule has 23 heavy (non-hydrogen) atoms. The Bertz CT molecular complexity index is 606. The number of hydrogen-bond donors (Lipinski definition) is 0. The van der Waals surface area contributed by atoms with Crippen molar-refractivity contribution in [2.45, 2.75) is 20.0 Å². The molecule has 0 saturated carbocycles. The van der Waals surface area contributed by atoms with Gasteiger partial charge in [0.05, 0.1) is 25.7 Å². The van der Waals surface area contributed by atoms with Crippen LogP contribution < -0.4 is 0 Å². The zero-order valence-corrected chi connectivity index (χ0v) is 14.2. The molecule has 2 aromatic carbocycles. The fourth-order valence-corrected chi connectivity index (χ4v) is 2.53. The summed E-state index contributed by atoms with van der Waals surface area (Å²) in [5.74, 6) is -0.266. The van der Waals surface area contributed by atoms with Crippen molar-refractivity contribution in [3.05, 3.63) is 71.8 Å². The predicted molar refractivity (Wildman–Crippen MR) is 93.2 cm³/mol. The molecule has 2 aromatic rings. The fraction of sp³-hybridized carbons (Fsp3) is 0.350. The molecule has 0 aromatic heterocycles. The summed E-state index contributed by atoms with van der Waals surface area (Å²) in [5.41, 5.74) is 1.64. The molecule has 0 radical (unpaired) electrons. The highest BCUT2D eigenvalue weighted by Gasteiger charge is 2.27. The van der Waals surface area contributed by atoms with E-state index in [-0.39, 0.29) is 12.1 Å². The third kappa shape index (κ3) is 4.67. The minimum atomic E-state index is -0.266. The van der Waals surface area contributed by atoms with Gasteiger partial charge in [0, 0.05) is 0 Å². The van der Waals surface area contributed by atoms with E-state index >= 15 is 0 Å². The second-order valence-corrected chi connectivity index (χ2v) is 6.11. The van der Waals surface area contributed by atoms with E-state index in [9.17, 15) is 4.79 Å². The van der Waals surface area contributed by atoms with Gasteiger partial charge in [-0.05, 0) is 31.5 Å². The lowest BCUT2D eigenvalue weighted by Gasteiger charge is -2.35. The number of carbonyl (C=O) groups excluding carboxylic acids is 1. The van der Waals surface area contributed by atoms with Crippen LogP contribution in [0.2, 0.25) is 0 Å². The SMILES string of the molecule is CC[N+](C)(CC)CC(OC(=O)c1ccccc1)c1ccccc1.